The van der Waals surface area contributed by atoms with Crippen molar-refractivity contribution in [3.63, 3.8) is 0 Å². The molecule has 2 atom stereocenters. The highest BCUT2D eigenvalue weighted by Gasteiger charge is 2.63. The summed E-state index contributed by atoms with van der Waals surface area (Å²) < 4.78 is 0. The summed E-state index contributed by atoms with van der Waals surface area (Å²) in [6, 6.07) is 27.0. The summed E-state index contributed by atoms with van der Waals surface area (Å²) in [7, 11) is 0. The van der Waals surface area contributed by atoms with Gasteiger partial charge in [0.15, 0.2) is 11.6 Å². The van der Waals surface area contributed by atoms with Gasteiger partial charge in [-0.3, -0.25) is 9.59 Å². The van der Waals surface area contributed by atoms with Gasteiger partial charge < -0.3 is 0 Å². The SMILES string of the molecule is Cc1ccc(C=C2C(=O)C3(C)CCC2C3(C)C)cc1.O=C(c1ccccc1)c1ccccc1. The van der Waals surface area contributed by atoms with Gasteiger partial charge in [-0.25, -0.2) is 0 Å². The van der Waals surface area contributed by atoms with Crippen LogP contribution in [-0.2, 0) is 4.79 Å². The molecule has 0 aliphatic heterocycles. The maximum atomic E-state index is 12.7. The summed E-state index contributed by atoms with van der Waals surface area (Å²) in [5.74, 6) is 0.895. The fourth-order valence-corrected chi connectivity index (χ4v) is 5.28. The van der Waals surface area contributed by atoms with E-state index in [0.29, 0.717) is 11.7 Å². The molecule has 3 aromatic rings. The summed E-state index contributed by atoms with van der Waals surface area (Å²) in [5, 5.41) is 0. The van der Waals surface area contributed by atoms with E-state index in [1.165, 1.54) is 5.56 Å². The number of ketones is 2. The van der Waals surface area contributed by atoms with Gasteiger partial charge in [-0.15, -0.1) is 0 Å². The molecule has 0 heterocycles. The van der Waals surface area contributed by atoms with Crippen LogP contribution in [0.2, 0.25) is 0 Å². The Balaban J connectivity index is 0.000000165. The van der Waals surface area contributed by atoms with Crippen molar-refractivity contribution in [2.24, 2.45) is 16.7 Å². The number of hydrogen-bond donors (Lipinski definition) is 0. The first-order chi connectivity index (χ1) is 15.7. The number of rotatable bonds is 3. The standard InChI is InChI=1S/C18H22O.C13H10O/c1-12-5-7-13(8-6-12)11-14-15-9-10-18(4,16(14)19)17(15,2)3;14-13(11-7-3-1-4-8-11)12-9-5-2-6-10-12/h5-8,11,15H,9-10H2,1-4H3;1-10H. The molecule has 0 saturated heterocycles. The molecule has 33 heavy (non-hydrogen) atoms. The quantitative estimate of drug-likeness (QED) is 0.318. The summed E-state index contributed by atoms with van der Waals surface area (Å²) in [6.07, 6.45) is 4.33. The molecule has 2 unspecified atom stereocenters. The second-order valence-electron chi connectivity index (χ2n) is 10.0. The first-order valence-corrected chi connectivity index (χ1v) is 11.7. The van der Waals surface area contributed by atoms with E-state index in [4.69, 9.17) is 0 Å². The number of Topliss-reactive ketones (excluding diaryl/α,β-unsaturated/α-hetero) is 1. The highest BCUT2D eigenvalue weighted by Crippen LogP contribution is 2.65. The molecule has 0 amide bonds. The predicted molar refractivity (Wildman–Crippen MR) is 135 cm³/mol. The minimum Gasteiger partial charge on any atom is -0.294 e. The third kappa shape index (κ3) is 4.23. The minimum atomic E-state index is -0.145. The number of aryl methyl sites for hydroxylation is 1. The summed E-state index contributed by atoms with van der Waals surface area (Å²) >= 11 is 0. The van der Waals surface area contributed by atoms with Crippen LogP contribution in [0.1, 0.15) is 60.7 Å². The van der Waals surface area contributed by atoms with Gasteiger partial charge in [0.1, 0.15) is 0 Å². The average molecular weight is 437 g/mol. The minimum absolute atomic E-state index is 0.0752. The normalized spacial score (nSPS) is 23.8. The molecule has 168 valence electrons. The molecule has 2 aliphatic carbocycles. The Bertz CT molecular complexity index is 1130. The first kappa shape index (κ1) is 22.9. The molecule has 0 radical (unpaired) electrons. The Morgan fingerprint density at radius 2 is 1.33 bits per heavy atom. The van der Waals surface area contributed by atoms with E-state index in [1.54, 1.807) is 0 Å². The number of carbonyl (C=O) groups excluding carboxylic acids is 2. The van der Waals surface area contributed by atoms with Gasteiger partial charge in [-0.05, 0) is 48.3 Å². The Morgan fingerprint density at radius 1 is 0.818 bits per heavy atom. The second-order valence-corrected chi connectivity index (χ2v) is 10.0. The third-order valence-electron chi connectivity index (χ3n) is 7.84. The molecule has 0 N–H and O–H groups in total. The van der Waals surface area contributed by atoms with E-state index in [1.807, 2.05) is 60.7 Å². The van der Waals surface area contributed by atoms with Gasteiger partial charge in [0.25, 0.3) is 0 Å². The van der Waals surface area contributed by atoms with Crippen LogP contribution < -0.4 is 0 Å². The number of carbonyl (C=O) groups is 2. The second kappa shape index (κ2) is 8.94. The molecule has 0 spiro atoms. The lowest BCUT2D eigenvalue weighted by Gasteiger charge is -2.31. The number of fused-ring (bicyclic) bond motifs is 2. The molecule has 3 aromatic carbocycles. The van der Waals surface area contributed by atoms with E-state index in [0.717, 1.165) is 35.1 Å². The molecule has 2 fully saturated rings. The predicted octanol–water partition coefficient (Wildman–Crippen LogP) is 7.32. The van der Waals surface area contributed by atoms with Crippen LogP contribution in [0.25, 0.3) is 6.08 Å². The van der Waals surface area contributed by atoms with Crippen LogP contribution in [0, 0.1) is 23.7 Å². The molecule has 2 saturated carbocycles. The molecule has 2 heteroatoms. The lowest BCUT2D eigenvalue weighted by molar-refractivity contribution is -0.125. The summed E-state index contributed by atoms with van der Waals surface area (Å²) in [5.41, 5.74) is 4.91. The summed E-state index contributed by atoms with van der Waals surface area (Å²) in [4.78, 5) is 24.6. The highest BCUT2D eigenvalue weighted by atomic mass is 16.1. The molecule has 2 aliphatic rings. The molecular weight excluding hydrogens is 404 g/mol. The lowest BCUT2D eigenvalue weighted by atomic mass is 9.70. The van der Waals surface area contributed by atoms with Crippen molar-refractivity contribution in [1.29, 1.82) is 0 Å². The van der Waals surface area contributed by atoms with Crippen molar-refractivity contribution in [1.82, 2.24) is 0 Å². The van der Waals surface area contributed by atoms with Gasteiger partial charge in [0, 0.05) is 16.5 Å². The Labute approximate surface area is 197 Å². The Hall–Kier alpha value is -3.26. The van der Waals surface area contributed by atoms with E-state index >= 15 is 0 Å². The number of allylic oxidation sites excluding steroid dienone is 1. The zero-order valence-corrected chi connectivity index (χ0v) is 20.0. The molecular formula is C31H32O2. The zero-order valence-electron chi connectivity index (χ0n) is 20.0. The van der Waals surface area contributed by atoms with Crippen molar-refractivity contribution < 1.29 is 9.59 Å². The van der Waals surface area contributed by atoms with Crippen molar-refractivity contribution in [3.8, 4) is 0 Å². The van der Waals surface area contributed by atoms with E-state index in [-0.39, 0.29) is 16.6 Å². The third-order valence-corrected chi connectivity index (χ3v) is 7.84. The van der Waals surface area contributed by atoms with Crippen molar-refractivity contribution in [2.45, 2.75) is 40.5 Å². The largest absolute Gasteiger partial charge is 0.294 e. The van der Waals surface area contributed by atoms with Crippen LogP contribution in [0.3, 0.4) is 0 Å². The van der Waals surface area contributed by atoms with Gasteiger partial charge in [0.2, 0.25) is 0 Å². The van der Waals surface area contributed by atoms with Crippen LogP contribution >= 0.6 is 0 Å². The topological polar surface area (TPSA) is 34.1 Å². The molecule has 2 bridgehead atoms. The van der Waals surface area contributed by atoms with Crippen LogP contribution in [0.5, 0.6) is 0 Å². The smallest absolute Gasteiger partial charge is 0.193 e. The lowest BCUT2D eigenvalue weighted by Crippen LogP contribution is -2.32. The van der Waals surface area contributed by atoms with Crippen molar-refractivity contribution in [3.05, 3.63) is 113 Å². The van der Waals surface area contributed by atoms with Crippen LogP contribution in [0.4, 0.5) is 0 Å². The fraction of sp³-hybridized carbons (Fsp3) is 0.290. The highest BCUT2D eigenvalue weighted by molar-refractivity contribution is 6.09. The molecule has 5 rings (SSSR count). The van der Waals surface area contributed by atoms with Crippen molar-refractivity contribution in [2.75, 3.05) is 0 Å². The Morgan fingerprint density at radius 3 is 1.79 bits per heavy atom. The summed E-state index contributed by atoms with van der Waals surface area (Å²) in [6.45, 7) is 8.77. The van der Waals surface area contributed by atoms with Gasteiger partial charge in [-0.2, -0.15) is 0 Å². The maximum absolute atomic E-state index is 12.7. The van der Waals surface area contributed by atoms with Crippen LogP contribution in [0.15, 0.2) is 90.5 Å². The van der Waals surface area contributed by atoms with E-state index in [9.17, 15) is 9.59 Å². The monoisotopic (exact) mass is 436 g/mol. The molecule has 0 aromatic heterocycles. The number of hydrogen-bond acceptors (Lipinski definition) is 2. The Kier molecular flexibility index (Phi) is 6.21. The fourth-order valence-electron chi connectivity index (χ4n) is 5.28. The van der Waals surface area contributed by atoms with E-state index in [2.05, 4.69) is 58.0 Å². The van der Waals surface area contributed by atoms with Gasteiger partial charge in [0.05, 0.1) is 0 Å². The van der Waals surface area contributed by atoms with Gasteiger partial charge in [-0.1, -0.05) is 111 Å². The molecule has 2 nitrogen and oxygen atoms in total. The van der Waals surface area contributed by atoms with Crippen LogP contribution in [-0.4, -0.2) is 11.6 Å². The van der Waals surface area contributed by atoms with E-state index < -0.39 is 0 Å². The number of benzene rings is 3. The van der Waals surface area contributed by atoms with Crippen molar-refractivity contribution >= 4 is 17.6 Å². The average Bonchev–Trinajstić information content (AvgIpc) is 3.15. The first-order valence-electron chi connectivity index (χ1n) is 11.7. The van der Waals surface area contributed by atoms with Gasteiger partial charge >= 0.3 is 0 Å². The zero-order chi connectivity index (χ0) is 23.6. The maximum Gasteiger partial charge on any atom is 0.193 e.